The molecule has 2 aliphatic rings. The molecule has 0 fully saturated rings. The van der Waals surface area contributed by atoms with Crippen LogP contribution in [0.25, 0.3) is 6.08 Å². The number of nitrogens with two attached hydrogens (primary N) is 1. The van der Waals surface area contributed by atoms with Gasteiger partial charge in [0.25, 0.3) is 0 Å². The number of nitrogens with zero attached hydrogens (tertiary/aromatic N) is 1. The predicted molar refractivity (Wildman–Crippen MR) is 112 cm³/mol. The van der Waals surface area contributed by atoms with Crippen LogP contribution in [0.2, 0.25) is 10.0 Å². The van der Waals surface area contributed by atoms with Crippen molar-refractivity contribution in [2.45, 2.75) is 25.2 Å². The maximum atomic E-state index is 14.8. The Morgan fingerprint density at radius 2 is 1.77 bits per heavy atom. The average Bonchev–Trinajstić information content (AvgIpc) is 2.71. The standard InChI is InChI=1S/C23H16Cl2F2N2O/c24-16-6-2-8-18(26)14(16)10-12-4-1-5-13-20(15(11-28)23(29)30-22(12)13)21-17(25)7-3-9-19(21)27/h2-3,6-10,20H,1,4-5,29H2. The number of hydrogen-bond donors (Lipinski definition) is 1. The zero-order chi connectivity index (χ0) is 21.4. The molecule has 0 spiro atoms. The van der Waals surface area contributed by atoms with E-state index in [9.17, 15) is 14.0 Å². The molecule has 1 heterocycles. The summed E-state index contributed by atoms with van der Waals surface area (Å²) < 4.78 is 34.9. The smallest absolute Gasteiger partial charge is 0.205 e. The highest BCUT2D eigenvalue weighted by Crippen LogP contribution is 2.49. The SMILES string of the molecule is N#CC1=C(N)OC2=C(CCCC2=Cc2c(F)cccc2Cl)C1c1c(F)cccc1Cl. The molecule has 0 bridgehead atoms. The minimum Gasteiger partial charge on any atom is -0.440 e. The second-order valence-electron chi connectivity index (χ2n) is 7.07. The fourth-order valence-electron chi connectivity index (χ4n) is 3.98. The molecule has 7 heteroatoms. The molecule has 2 N–H and O–H groups in total. The van der Waals surface area contributed by atoms with Gasteiger partial charge >= 0.3 is 0 Å². The summed E-state index contributed by atoms with van der Waals surface area (Å²) in [7, 11) is 0. The topological polar surface area (TPSA) is 59.0 Å². The highest BCUT2D eigenvalue weighted by Gasteiger charge is 2.38. The van der Waals surface area contributed by atoms with Crippen molar-refractivity contribution >= 4 is 29.3 Å². The summed E-state index contributed by atoms with van der Waals surface area (Å²) in [6, 6.07) is 10.9. The zero-order valence-electron chi connectivity index (χ0n) is 15.7. The third-order valence-electron chi connectivity index (χ3n) is 5.32. The van der Waals surface area contributed by atoms with Crippen LogP contribution in [-0.2, 0) is 4.74 Å². The third-order valence-corrected chi connectivity index (χ3v) is 5.98. The molecular weight excluding hydrogens is 429 g/mol. The molecule has 2 aromatic carbocycles. The summed E-state index contributed by atoms with van der Waals surface area (Å²) in [5.74, 6) is -1.47. The van der Waals surface area contributed by atoms with Gasteiger partial charge in [0.1, 0.15) is 29.0 Å². The van der Waals surface area contributed by atoms with Gasteiger partial charge in [-0.2, -0.15) is 5.26 Å². The Bertz CT molecular complexity index is 1140. The van der Waals surface area contributed by atoms with E-state index in [1.165, 1.54) is 24.3 Å². The largest absolute Gasteiger partial charge is 0.440 e. The van der Waals surface area contributed by atoms with Crippen molar-refractivity contribution in [1.82, 2.24) is 0 Å². The van der Waals surface area contributed by atoms with Gasteiger partial charge in [0.15, 0.2) is 0 Å². The molecule has 30 heavy (non-hydrogen) atoms. The second kappa shape index (κ2) is 8.14. The number of halogens is 4. The van der Waals surface area contributed by atoms with Crippen molar-refractivity contribution < 1.29 is 13.5 Å². The van der Waals surface area contributed by atoms with Gasteiger partial charge in [-0.1, -0.05) is 35.3 Å². The summed E-state index contributed by atoms with van der Waals surface area (Å²) in [5.41, 5.74) is 7.94. The van der Waals surface area contributed by atoms with E-state index in [0.717, 1.165) is 0 Å². The van der Waals surface area contributed by atoms with Gasteiger partial charge < -0.3 is 10.5 Å². The predicted octanol–water partition coefficient (Wildman–Crippen LogP) is 6.60. The second-order valence-corrected chi connectivity index (χ2v) is 7.89. The highest BCUT2D eigenvalue weighted by atomic mass is 35.5. The lowest BCUT2D eigenvalue weighted by atomic mass is 9.76. The van der Waals surface area contributed by atoms with Crippen LogP contribution >= 0.6 is 23.2 Å². The van der Waals surface area contributed by atoms with Gasteiger partial charge in [0.05, 0.1) is 10.9 Å². The molecule has 1 unspecified atom stereocenters. The summed E-state index contributed by atoms with van der Waals surface area (Å²) in [4.78, 5) is 0. The van der Waals surface area contributed by atoms with Crippen molar-refractivity contribution in [3.05, 3.63) is 97.6 Å². The molecular formula is C23H16Cl2F2N2O. The molecule has 0 radical (unpaired) electrons. The van der Waals surface area contributed by atoms with Crippen LogP contribution in [0.1, 0.15) is 36.3 Å². The van der Waals surface area contributed by atoms with Crippen LogP contribution in [-0.4, -0.2) is 0 Å². The quantitative estimate of drug-likeness (QED) is 0.567. The van der Waals surface area contributed by atoms with Crippen molar-refractivity contribution in [3.8, 4) is 6.07 Å². The Kier molecular flexibility index (Phi) is 5.55. The first kappa shape index (κ1) is 20.5. The molecule has 1 aliphatic carbocycles. The van der Waals surface area contributed by atoms with Gasteiger partial charge in [0.2, 0.25) is 5.88 Å². The highest BCUT2D eigenvalue weighted by molar-refractivity contribution is 6.32. The van der Waals surface area contributed by atoms with Gasteiger partial charge in [-0.15, -0.1) is 0 Å². The van der Waals surface area contributed by atoms with Crippen LogP contribution in [0.15, 0.2) is 64.8 Å². The Morgan fingerprint density at radius 3 is 2.43 bits per heavy atom. The Labute approximate surface area is 182 Å². The van der Waals surface area contributed by atoms with E-state index in [4.69, 9.17) is 33.7 Å². The fraction of sp³-hybridized carbons (Fsp3) is 0.174. The first-order valence-corrected chi connectivity index (χ1v) is 10.1. The van der Waals surface area contributed by atoms with Crippen LogP contribution in [0.4, 0.5) is 8.78 Å². The number of nitriles is 1. The van der Waals surface area contributed by atoms with E-state index in [2.05, 4.69) is 0 Å². The summed E-state index contributed by atoms with van der Waals surface area (Å²) in [6.45, 7) is 0. The van der Waals surface area contributed by atoms with Gasteiger partial charge in [-0.25, -0.2) is 8.78 Å². The number of allylic oxidation sites excluding steroid dienone is 3. The molecule has 152 valence electrons. The molecule has 2 aromatic rings. The maximum absolute atomic E-state index is 14.8. The summed E-state index contributed by atoms with van der Waals surface area (Å²) in [6.07, 6.45) is 3.49. The molecule has 3 nitrogen and oxygen atoms in total. The van der Waals surface area contributed by atoms with Crippen LogP contribution in [0.5, 0.6) is 0 Å². The number of ether oxygens (including phenoxy) is 1. The molecule has 1 aliphatic heterocycles. The maximum Gasteiger partial charge on any atom is 0.205 e. The Hall–Kier alpha value is -2.81. The summed E-state index contributed by atoms with van der Waals surface area (Å²) in [5, 5.41) is 10.2. The van der Waals surface area contributed by atoms with Crippen molar-refractivity contribution in [1.29, 1.82) is 5.26 Å². The lowest BCUT2D eigenvalue weighted by Gasteiger charge is -2.33. The molecule has 1 atom stereocenters. The Morgan fingerprint density at radius 1 is 1.07 bits per heavy atom. The van der Waals surface area contributed by atoms with E-state index in [1.807, 2.05) is 6.07 Å². The lowest BCUT2D eigenvalue weighted by Crippen LogP contribution is -2.24. The molecule has 4 rings (SSSR count). The number of hydrogen-bond acceptors (Lipinski definition) is 3. The number of rotatable bonds is 2. The minimum atomic E-state index is -0.771. The van der Waals surface area contributed by atoms with Crippen LogP contribution in [0, 0.1) is 23.0 Å². The first-order valence-electron chi connectivity index (χ1n) is 9.31. The third kappa shape index (κ3) is 3.47. The van der Waals surface area contributed by atoms with Crippen LogP contribution < -0.4 is 5.73 Å². The average molecular weight is 445 g/mol. The van der Waals surface area contributed by atoms with Gasteiger partial charge in [-0.05, 0) is 60.8 Å². The van der Waals surface area contributed by atoms with Gasteiger partial charge in [-0.3, -0.25) is 0 Å². The lowest BCUT2D eigenvalue weighted by molar-refractivity contribution is 0.276. The van der Waals surface area contributed by atoms with Crippen molar-refractivity contribution in [2.24, 2.45) is 5.73 Å². The minimum absolute atomic E-state index is 0.103. The fourth-order valence-corrected chi connectivity index (χ4v) is 4.47. The molecule has 0 saturated heterocycles. The van der Waals surface area contributed by atoms with E-state index in [1.54, 1.807) is 18.2 Å². The van der Waals surface area contributed by atoms with Crippen LogP contribution in [0.3, 0.4) is 0 Å². The summed E-state index contributed by atoms with van der Waals surface area (Å²) >= 11 is 12.5. The van der Waals surface area contributed by atoms with E-state index >= 15 is 0 Å². The van der Waals surface area contributed by atoms with Gasteiger partial charge in [0, 0.05) is 16.1 Å². The van der Waals surface area contributed by atoms with E-state index in [-0.39, 0.29) is 32.6 Å². The molecule has 0 saturated carbocycles. The van der Waals surface area contributed by atoms with E-state index < -0.39 is 17.6 Å². The normalized spacial score (nSPS) is 20.1. The van der Waals surface area contributed by atoms with Crippen molar-refractivity contribution in [2.75, 3.05) is 0 Å². The van der Waals surface area contributed by atoms with E-state index in [0.29, 0.717) is 36.2 Å². The zero-order valence-corrected chi connectivity index (χ0v) is 17.2. The Balaban J connectivity index is 1.92. The number of benzene rings is 2. The van der Waals surface area contributed by atoms with Crippen molar-refractivity contribution in [3.63, 3.8) is 0 Å². The molecule has 0 amide bonds. The first-order chi connectivity index (χ1) is 14.4. The molecule has 0 aromatic heterocycles. The monoisotopic (exact) mass is 444 g/mol.